The summed E-state index contributed by atoms with van der Waals surface area (Å²) in [5, 5.41) is 6.71. The lowest BCUT2D eigenvalue weighted by Gasteiger charge is -2.32. The van der Waals surface area contributed by atoms with Gasteiger partial charge < -0.3 is 19.8 Å². The number of hydrogen-bond donors (Lipinski definition) is 2. The quantitative estimate of drug-likeness (QED) is 0.574. The van der Waals surface area contributed by atoms with Crippen LogP contribution in [0.3, 0.4) is 0 Å². The maximum absolute atomic E-state index is 5.58. The van der Waals surface area contributed by atoms with Gasteiger partial charge >= 0.3 is 0 Å². The number of nitrogens with one attached hydrogen (secondary N) is 2. The highest BCUT2D eigenvalue weighted by molar-refractivity contribution is 5.79. The monoisotopic (exact) mass is 371 g/mol. The number of morpholine rings is 1. The summed E-state index contributed by atoms with van der Waals surface area (Å²) in [5.41, 5.74) is 1.78. The van der Waals surface area contributed by atoms with Crippen molar-refractivity contribution >= 4 is 5.96 Å². The van der Waals surface area contributed by atoms with Gasteiger partial charge in [0.25, 0.3) is 0 Å². The largest absolute Gasteiger partial charge is 0.444 e. The minimum Gasteiger partial charge on any atom is -0.444 e. The maximum atomic E-state index is 5.58. The zero-order valence-electron chi connectivity index (χ0n) is 16.1. The number of benzene rings is 1. The Hall–Kier alpha value is -2.38. The highest BCUT2D eigenvalue weighted by atomic mass is 16.5. The van der Waals surface area contributed by atoms with Crippen LogP contribution < -0.4 is 10.6 Å². The van der Waals surface area contributed by atoms with Gasteiger partial charge in [-0.15, -0.1) is 0 Å². The molecule has 1 aromatic carbocycles. The second-order valence-corrected chi connectivity index (χ2v) is 6.58. The molecule has 1 aliphatic heterocycles. The minimum atomic E-state index is 0.425. The van der Waals surface area contributed by atoms with Crippen LogP contribution in [-0.4, -0.2) is 61.3 Å². The molecule has 2 N–H and O–H groups in total. The zero-order valence-corrected chi connectivity index (χ0v) is 16.1. The third-order valence-corrected chi connectivity index (χ3v) is 4.55. The van der Waals surface area contributed by atoms with E-state index in [-0.39, 0.29) is 0 Å². The highest BCUT2D eigenvalue weighted by Gasteiger charge is 2.17. The van der Waals surface area contributed by atoms with Crippen molar-refractivity contribution in [2.75, 3.05) is 39.4 Å². The Bertz CT molecular complexity index is 710. The molecule has 1 fully saturated rings. The zero-order chi connectivity index (χ0) is 18.9. The molecule has 27 heavy (non-hydrogen) atoms. The number of guanidine groups is 1. The molecule has 0 amide bonds. The van der Waals surface area contributed by atoms with Crippen molar-refractivity contribution in [1.82, 2.24) is 20.5 Å². The SMILES string of the molecule is CCNC(=NCc1coc(-c2ccccc2)n1)NCC(C)N1CCOCC1. The van der Waals surface area contributed by atoms with E-state index in [9.17, 15) is 0 Å². The van der Waals surface area contributed by atoms with Gasteiger partial charge in [0.15, 0.2) is 5.96 Å². The van der Waals surface area contributed by atoms with Gasteiger partial charge in [-0.05, 0) is 26.0 Å². The second kappa shape index (κ2) is 10.1. The van der Waals surface area contributed by atoms with Crippen molar-refractivity contribution in [3.8, 4) is 11.5 Å². The number of oxazole rings is 1. The normalized spacial score (nSPS) is 16.9. The van der Waals surface area contributed by atoms with Crippen LogP contribution in [0.1, 0.15) is 19.5 Å². The summed E-state index contributed by atoms with van der Waals surface area (Å²) >= 11 is 0. The molecule has 0 radical (unpaired) electrons. The predicted octanol–water partition coefficient (Wildman–Crippen LogP) is 2.12. The molecular weight excluding hydrogens is 342 g/mol. The summed E-state index contributed by atoms with van der Waals surface area (Å²) in [4.78, 5) is 11.6. The first-order valence-corrected chi connectivity index (χ1v) is 9.60. The summed E-state index contributed by atoms with van der Waals surface area (Å²) in [6, 6.07) is 10.3. The Morgan fingerprint density at radius 2 is 2.00 bits per heavy atom. The van der Waals surface area contributed by atoms with E-state index >= 15 is 0 Å². The summed E-state index contributed by atoms with van der Waals surface area (Å²) in [7, 11) is 0. The molecule has 1 unspecified atom stereocenters. The molecule has 146 valence electrons. The molecule has 0 aliphatic carbocycles. The molecule has 1 aliphatic rings. The Morgan fingerprint density at radius 3 is 2.74 bits per heavy atom. The average Bonchev–Trinajstić information content (AvgIpc) is 3.20. The fourth-order valence-electron chi connectivity index (χ4n) is 2.99. The second-order valence-electron chi connectivity index (χ2n) is 6.58. The lowest BCUT2D eigenvalue weighted by molar-refractivity contribution is 0.0211. The molecule has 0 bridgehead atoms. The molecule has 3 rings (SSSR count). The minimum absolute atomic E-state index is 0.425. The van der Waals surface area contributed by atoms with Crippen molar-refractivity contribution in [1.29, 1.82) is 0 Å². The van der Waals surface area contributed by atoms with Crippen LogP contribution in [0, 0.1) is 0 Å². The average molecular weight is 371 g/mol. The molecule has 0 saturated carbocycles. The highest BCUT2D eigenvalue weighted by Crippen LogP contribution is 2.18. The summed E-state index contributed by atoms with van der Waals surface area (Å²) in [6.07, 6.45) is 1.67. The fraction of sp³-hybridized carbons (Fsp3) is 0.500. The van der Waals surface area contributed by atoms with Crippen LogP contribution in [0.25, 0.3) is 11.5 Å². The predicted molar refractivity (Wildman–Crippen MR) is 107 cm³/mol. The number of aliphatic imine (C=N–C) groups is 1. The van der Waals surface area contributed by atoms with E-state index < -0.39 is 0 Å². The number of aromatic nitrogens is 1. The van der Waals surface area contributed by atoms with E-state index in [0.29, 0.717) is 18.5 Å². The third kappa shape index (κ3) is 5.80. The van der Waals surface area contributed by atoms with Crippen molar-refractivity contribution in [3.63, 3.8) is 0 Å². The van der Waals surface area contributed by atoms with Crippen molar-refractivity contribution in [2.45, 2.75) is 26.4 Å². The Kier molecular flexibility index (Phi) is 7.24. The first-order chi connectivity index (χ1) is 13.3. The van der Waals surface area contributed by atoms with E-state index in [1.54, 1.807) is 6.26 Å². The van der Waals surface area contributed by atoms with Gasteiger partial charge in [-0.1, -0.05) is 18.2 Å². The number of rotatable bonds is 7. The van der Waals surface area contributed by atoms with E-state index in [4.69, 9.17) is 9.15 Å². The Balaban J connectivity index is 1.54. The molecule has 1 aromatic heterocycles. The fourth-order valence-corrected chi connectivity index (χ4v) is 2.99. The summed E-state index contributed by atoms with van der Waals surface area (Å²) < 4.78 is 11.0. The van der Waals surface area contributed by atoms with Crippen LogP contribution >= 0.6 is 0 Å². The molecule has 0 spiro atoms. The van der Waals surface area contributed by atoms with Crippen molar-refractivity contribution < 1.29 is 9.15 Å². The van der Waals surface area contributed by atoms with Gasteiger partial charge in [0.1, 0.15) is 12.0 Å². The van der Waals surface area contributed by atoms with Crippen molar-refractivity contribution in [2.24, 2.45) is 4.99 Å². The van der Waals surface area contributed by atoms with Gasteiger partial charge in [-0.2, -0.15) is 0 Å². The Labute approximate surface area is 160 Å². The van der Waals surface area contributed by atoms with Crippen molar-refractivity contribution in [3.05, 3.63) is 42.3 Å². The topological polar surface area (TPSA) is 74.9 Å². The van der Waals surface area contributed by atoms with Crippen LogP contribution in [0.2, 0.25) is 0 Å². The third-order valence-electron chi connectivity index (χ3n) is 4.55. The lowest BCUT2D eigenvalue weighted by Crippen LogP contribution is -2.49. The maximum Gasteiger partial charge on any atom is 0.226 e. The summed E-state index contributed by atoms with van der Waals surface area (Å²) in [6.45, 7) is 10.00. The van der Waals surface area contributed by atoms with Crippen LogP contribution in [0.4, 0.5) is 0 Å². The Morgan fingerprint density at radius 1 is 1.22 bits per heavy atom. The number of ether oxygens (including phenoxy) is 1. The molecule has 7 nitrogen and oxygen atoms in total. The van der Waals surface area contributed by atoms with Gasteiger partial charge in [0.2, 0.25) is 5.89 Å². The van der Waals surface area contributed by atoms with Gasteiger partial charge in [-0.25, -0.2) is 9.98 Å². The molecule has 1 atom stereocenters. The molecule has 1 saturated heterocycles. The van der Waals surface area contributed by atoms with E-state index in [1.165, 1.54) is 0 Å². The van der Waals surface area contributed by atoms with Crippen LogP contribution in [0.5, 0.6) is 0 Å². The standard InChI is InChI=1S/C20H29N5O2/c1-3-21-20(22-13-16(2)25-9-11-26-12-10-25)23-14-18-15-27-19(24-18)17-7-5-4-6-8-17/h4-8,15-16H,3,9-14H2,1-2H3,(H2,21,22,23). The first-order valence-electron chi connectivity index (χ1n) is 9.60. The van der Waals surface area contributed by atoms with E-state index in [1.807, 2.05) is 30.3 Å². The summed E-state index contributed by atoms with van der Waals surface area (Å²) in [5.74, 6) is 1.42. The number of nitrogens with zero attached hydrogens (tertiary/aromatic N) is 3. The molecule has 2 aromatic rings. The van der Waals surface area contributed by atoms with Gasteiger partial charge in [-0.3, -0.25) is 4.90 Å². The smallest absolute Gasteiger partial charge is 0.226 e. The molecular formula is C20H29N5O2. The first kappa shape index (κ1) is 19.4. The van der Waals surface area contributed by atoms with E-state index in [0.717, 1.165) is 56.6 Å². The number of hydrogen-bond acceptors (Lipinski definition) is 5. The van der Waals surface area contributed by atoms with E-state index in [2.05, 4.69) is 39.4 Å². The molecule has 2 heterocycles. The molecule has 7 heteroatoms. The lowest BCUT2D eigenvalue weighted by atomic mass is 10.2. The van der Waals surface area contributed by atoms with Gasteiger partial charge in [0.05, 0.1) is 19.8 Å². The van der Waals surface area contributed by atoms with Gasteiger partial charge in [0, 0.05) is 37.8 Å². The van der Waals surface area contributed by atoms with Crippen LogP contribution in [0.15, 0.2) is 46.0 Å². The van der Waals surface area contributed by atoms with Crippen LogP contribution in [-0.2, 0) is 11.3 Å².